The molecule has 66 valence electrons. The molecule has 5 heteroatoms. The van der Waals surface area contributed by atoms with Crippen LogP contribution in [-0.2, 0) is 0 Å². The maximum Gasteiger partial charge on any atom is 0.266 e. The molecule has 0 aliphatic rings. The SMILES string of the molecule is Cc1c(Cl)c(C(F)F)c[nH]c1=O. The summed E-state index contributed by atoms with van der Waals surface area (Å²) in [5.74, 6) is 0. The lowest BCUT2D eigenvalue weighted by atomic mass is 10.2. The Bertz CT molecular complexity index is 348. The number of alkyl halides is 2. The number of pyridine rings is 1. The highest BCUT2D eigenvalue weighted by Crippen LogP contribution is 2.26. The third-order valence-corrected chi connectivity index (χ3v) is 2.02. The molecule has 0 aromatic carbocycles. The van der Waals surface area contributed by atoms with Crippen LogP contribution < -0.4 is 5.56 Å². The fraction of sp³-hybridized carbons (Fsp3) is 0.286. The summed E-state index contributed by atoms with van der Waals surface area (Å²) in [5.41, 5.74) is -0.660. The number of aromatic nitrogens is 1. The molecule has 0 spiro atoms. The quantitative estimate of drug-likeness (QED) is 0.729. The Balaban J connectivity index is 3.36. The van der Waals surface area contributed by atoms with Crippen LogP contribution in [0.5, 0.6) is 0 Å². The van der Waals surface area contributed by atoms with Gasteiger partial charge in [-0.15, -0.1) is 0 Å². The van der Waals surface area contributed by atoms with Crippen LogP contribution >= 0.6 is 11.6 Å². The van der Waals surface area contributed by atoms with Crippen molar-refractivity contribution in [1.29, 1.82) is 0 Å². The normalized spacial score (nSPS) is 10.8. The van der Waals surface area contributed by atoms with Gasteiger partial charge in [0.15, 0.2) is 0 Å². The zero-order valence-electron chi connectivity index (χ0n) is 6.20. The Morgan fingerprint density at radius 1 is 1.58 bits per heavy atom. The van der Waals surface area contributed by atoms with E-state index in [4.69, 9.17) is 11.6 Å². The standard InChI is InChI=1S/C7H6ClF2NO/c1-3-5(8)4(6(9)10)2-11-7(3)12/h2,6H,1H3,(H,11,12). The first kappa shape index (κ1) is 9.19. The summed E-state index contributed by atoms with van der Waals surface area (Å²) < 4.78 is 24.3. The van der Waals surface area contributed by atoms with Crippen molar-refractivity contribution in [2.24, 2.45) is 0 Å². The van der Waals surface area contributed by atoms with E-state index < -0.39 is 12.0 Å². The van der Waals surface area contributed by atoms with Crippen LogP contribution in [0.2, 0.25) is 5.02 Å². The average Bonchev–Trinajstić information content (AvgIpc) is 2.00. The molecule has 0 fully saturated rings. The highest BCUT2D eigenvalue weighted by atomic mass is 35.5. The van der Waals surface area contributed by atoms with E-state index in [2.05, 4.69) is 4.98 Å². The summed E-state index contributed by atoms with van der Waals surface area (Å²) >= 11 is 5.49. The summed E-state index contributed by atoms with van der Waals surface area (Å²) in [5, 5.41) is -0.159. The molecule has 0 aliphatic carbocycles. The van der Waals surface area contributed by atoms with Crippen molar-refractivity contribution in [3.8, 4) is 0 Å². The fourth-order valence-corrected chi connectivity index (χ4v) is 1.01. The topological polar surface area (TPSA) is 32.9 Å². The van der Waals surface area contributed by atoms with Crippen molar-refractivity contribution in [2.75, 3.05) is 0 Å². The van der Waals surface area contributed by atoms with Crippen LogP contribution in [0.25, 0.3) is 0 Å². The van der Waals surface area contributed by atoms with E-state index in [0.29, 0.717) is 0 Å². The van der Waals surface area contributed by atoms with Crippen molar-refractivity contribution in [1.82, 2.24) is 4.98 Å². The second kappa shape index (κ2) is 3.23. The van der Waals surface area contributed by atoms with Crippen molar-refractivity contribution < 1.29 is 8.78 Å². The maximum atomic E-state index is 12.1. The van der Waals surface area contributed by atoms with E-state index >= 15 is 0 Å². The second-order valence-electron chi connectivity index (χ2n) is 2.31. The maximum absolute atomic E-state index is 12.1. The van der Waals surface area contributed by atoms with Gasteiger partial charge in [0.05, 0.1) is 10.6 Å². The van der Waals surface area contributed by atoms with Gasteiger partial charge >= 0.3 is 0 Å². The molecule has 0 amide bonds. The van der Waals surface area contributed by atoms with Crippen molar-refractivity contribution >= 4 is 11.6 Å². The Morgan fingerprint density at radius 3 is 2.67 bits per heavy atom. The van der Waals surface area contributed by atoms with Crippen LogP contribution in [-0.4, -0.2) is 4.98 Å². The van der Waals surface area contributed by atoms with Gasteiger partial charge in [-0.25, -0.2) is 8.78 Å². The van der Waals surface area contributed by atoms with Crippen LogP contribution in [0, 0.1) is 6.92 Å². The van der Waals surface area contributed by atoms with E-state index in [-0.39, 0.29) is 16.1 Å². The van der Waals surface area contributed by atoms with E-state index in [1.807, 2.05) is 0 Å². The monoisotopic (exact) mass is 193 g/mol. The number of hydrogen-bond donors (Lipinski definition) is 1. The molecule has 0 saturated heterocycles. The van der Waals surface area contributed by atoms with Crippen molar-refractivity contribution in [2.45, 2.75) is 13.3 Å². The zero-order valence-corrected chi connectivity index (χ0v) is 6.95. The highest BCUT2D eigenvalue weighted by molar-refractivity contribution is 6.32. The predicted molar refractivity (Wildman–Crippen MR) is 41.8 cm³/mol. The molecule has 1 aromatic rings. The van der Waals surface area contributed by atoms with Gasteiger partial charge in [-0.05, 0) is 6.92 Å². The fourth-order valence-electron chi connectivity index (χ4n) is 0.790. The predicted octanol–water partition coefficient (Wildman–Crippen LogP) is 2.27. The molecule has 0 aliphatic heterocycles. The van der Waals surface area contributed by atoms with Crippen LogP contribution in [0.1, 0.15) is 17.6 Å². The lowest BCUT2D eigenvalue weighted by molar-refractivity contribution is 0.151. The first-order valence-electron chi connectivity index (χ1n) is 3.20. The molecule has 0 saturated carbocycles. The molecule has 0 radical (unpaired) electrons. The van der Waals surface area contributed by atoms with Gasteiger partial charge in [0.25, 0.3) is 12.0 Å². The molecule has 1 N–H and O–H groups in total. The summed E-state index contributed by atoms with van der Waals surface area (Å²) in [6.45, 7) is 1.40. The Hall–Kier alpha value is -0.900. The van der Waals surface area contributed by atoms with Gasteiger partial charge < -0.3 is 4.98 Å². The summed E-state index contributed by atoms with van der Waals surface area (Å²) in [4.78, 5) is 13.0. The van der Waals surface area contributed by atoms with Gasteiger partial charge in [0.1, 0.15) is 0 Å². The summed E-state index contributed by atoms with van der Waals surface area (Å²) in [7, 11) is 0. The van der Waals surface area contributed by atoms with Crippen LogP contribution in [0.15, 0.2) is 11.0 Å². The van der Waals surface area contributed by atoms with Gasteiger partial charge in [-0.1, -0.05) is 11.6 Å². The molecule has 2 nitrogen and oxygen atoms in total. The van der Waals surface area contributed by atoms with Crippen LogP contribution in [0.4, 0.5) is 8.78 Å². The molecule has 0 unspecified atom stereocenters. The minimum absolute atomic E-state index is 0.120. The van der Waals surface area contributed by atoms with Crippen molar-refractivity contribution in [3.05, 3.63) is 32.7 Å². The number of halogens is 3. The second-order valence-corrected chi connectivity index (χ2v) is 2.69. The molecular formula is C7H6ClF2NO. The van der Waals surface area contributed by atoms with Gasteiger partial charge in [-0.3, -0.25) is 4.79 Å². The van der Waals surface area contributed by atoms with Crippen molar-refractivity contribution in [3.63, 3.8) is 0 Å². The Kier molecular flexibility index (Phi) is 2.47. The first-order chi connectivity index (χ1) is 5.54. The molecule has 1 heterocycles. The third kappa shape index (κ3) is 1.48. The minimum atomic E-state index is -2.66. The number of rotatable bonds is 1. The molecule has 0 bridgehead atoms. The van der Waals surface area contributed by atoms with Gasteiger partial charge in [0.2, 0.25) is 0 Å². The highest BCUT2D eigenvalue weighted by Gasteiger charge is 2.14. The summed E-state index contributed by atoms with van der Waals surface area (Å²) in [6.07, 6.45) is -1.73. The van der Waals surface area contributed by atoms with Gasteiger partial charge in [0, 0.05) is 11.8 Å². The molecule has 1 aromatic heterocycles. The zero-order chi connectivity index (χ0) is 9.30. The lowest BCUT2D eigenvalue weighted by Gasteiger charge is -2.03. The Labute approximate surface area is 72.2 Å². The largest absolute Gasteiger partial charge is 0.328 e. The lowest BCUT2D eigenvalue weighted by Crippen LogP contribution is -2.10. The number of H-pyrrole nitrogens is 1. The number of aromatic amines is 1. The van der Waals surface area contributed by atoms with E-state index in [1.54, 1.807) is 0 Å². The van der Waals surface area contributed by atoms with Gasteiger partial charge in [-0.2, -0.15) is 0 Å². The number of hydrogen-bond acceptors (Lipinski definition) is 1. The molecule has 1 rings (SSSR count). The Morgan fingerprint density at radius 2 is 2.17 bits per heavy atom. The first-order valence-corrected chi connectivity index (χ1v) is 3.57. The van der Waals surface area contributed by atoms with E-state index in [1.165, 1.54) is 6.92 Å². The third-order valence-electron chi connectivity index (χ3n) is 1.52. The molecule has 12 heavy (non-hydrogen) atoms. The minimum Gasteiger partial charge on any atom is -0.328 e. The smallest absolute Gasteiger partial charge is 0.266 e. The molecule has 0 atom stereocenters. The average molecular weight is 194 g/mol. The summed E-state index contributed by atoms with van der Waals surface area (Å²) in [6, 6.07) is 0. The number of nitrogens with one attached hydrogen (secondary N) is 1. The van der Waals surface area contributed by atoms with E-state index in [0.717, 1.165) is 6.20 Å². The van der Waals surface area contributed by atoms with Crippen LogP contribution in [0.3, 0.4) is 0 Å². The van der Waals surface area contributed by atoms with E-state index in [9.17, 15) is 13.6 Å². The molecular weight excluding hydrogens is 188 g/mol.